The number of rotatable bonds is 6. The number of benzene rings is 2. The normalized spacial score (nSPS) is 22.9. The summed E-state index contributed by atoms with van der Waals surface area (Å²) < 4.78 is 49.3. The molecule has 0 radical (unpaired) electrons. The highest BCUT2D eigenvalue weighted by Crippen LogP contribution is 2.62. The number of aromatic nitrogens is 4. The Hall–Kier alpha value is -5.02. The highest BCUT2D eigenvalue weighted by Gasteiger charge is 2.69. The van der Waals surface area contributed by atoms with E-state index in [1.54, 1.807) is 49.4 Å². The number of anilines is 1. The summed E-state index contributed by atoms with van der Waals surface area (Å²) in [6.07, 6.45) is -2.60. The molecule has 0 spiro atoms. The van der Waals surface area contributed by atoms with Gasteiger partial charge in [-0.1, -0.05) is 47.5 Å². The molecule has 17 heteroatoms. The minimum atomic E-state index is -4.75. The molecule has 12 nitrogen and oxygen atoms in total. The second kappa shape index (κ2) is 11.8. The van der Waals surface area contributed by atoms with E-state index in [0.717, 1.165) is 4.57 Å². The topological polar surface area (TPSA) is 141 Å². The quantitative estimate of drug-likeness (QED) is 0.213. The van der Waals surface area contributed by atoms with Crippen LogP contribution in [0, 0.1) is 5.92 Å². The lowest BCUT2D eigenvalue weighted by Gasteiger charge is -2.49. The molecular formula is C33H27Cl2F3N6O6. The summed E-state index contributed by atoms with van der Waals surface area (Å²) in [6.45, 7) is 1.89. The van der Waals surface area contributed by atoms with E-state index in [-0.39, 0.29) is 36.9 Å². The van der Waals surface area contributed by atoms with Crippen LogP contribution in [0.3, 0.4) is 0 Å². The first-order chi connectivity index (χ1) is 23.7. The number of carbonyl (C=O) groups excluding carboxylic acids is 2. The Bertz CT molecular complexity index is 2230. The number of hydrogen-bond acceptors (Lipinski definition) is 8. The van der Waals surface area contributed by atoms with E-state index < -0.39 is 63.2 Å². The number of phenolic OH excluding ortho intramolecular Hbond substituents is 1. The molecule has 1 aliphatic carbocycles. The lowest BCUT2D eigenvalue weighted by molar-refractivity contribution is -0.139. The molecule has 4 atom stereocenters. The Morgan fingerprint density at radius 2 is 1.78 bits per heavy atom. The highest BCUT2D eigenvalue weighted by atomic mass is 35.5. The number of hydrazine groups is 1. The van der Waals surface area contributed by atoms with Crippen LogP contribution >= 0.6 is 23.2 Å². The fraction of sp³-hybridized carbons (Fsp3) is 0.303. The van der Waals surface area contributed by atoms with Gasteiger partial charge in [-0.3, -0.25) is 15.0 Å². The third kappa shape index (κ3) is 4.85. The van der Waals surface area contributed by atoms with Crippen molar-refractivity contribution in [1.82, 2.24) is 23.9 Å². The maximum atomic E-state index is 15.1. The summed E-state index contributed by atoms with van der Waals surface area (Å²) in [4.78, 5) is 60.1. The molecule has 4 aromatic rings. The second-order valence-corrected chi connectivity index (χ2v) is 13.0. The number of nitrogens with one attached hydrogen (secondary N) is 1. The van der Waals surface area contributed by atoms with Crippen molar-refractivity contribution in [1.29, 1.82) is 0 Å². The summed E-state index contributed by atoms with van der Waals surface area (Å²) >= 11 is 12.5. The van der Waals surface area contributed by atoms with E-state index in [1.165, 1.54) is 22.5 Å². The molecule has 260 valence electrons. The van der Waals surface area contributed by atoms with Crippen LogP contribution in [0.1, 0.15) is 42.0 Å². The molecule has 0 bridgehead atoms. The van der Waals surface area contributed by atoms with Crippen LogP contribution in [0.5, 0.6) is 11.5 Å². The van der Waals surface area contributed by atoms with Crippen LogP contribution in [0.25, 0.3) is 0 Å². The van der Waals surface area contributed by atoms with Gasteiger partial charge in [-0.05, 0) is 60.4 Å². The average Bonchev–Trinajstić information content (AvgIpc) is 3.43. The predicted octanol–water partition coefficient (Wildman–Crippen LogP) is 4.79. The fourth-order valence-corrected chi connectivity index (χ4v) is 7.84. The van der Waals surface area contributed by atoms with Crippen molar-refractivity contribution in [2.75, 3.05) is 12.0 Å². The average molecular weight is 732 g/mol. The number of hydrogen-bond donors (Lipinski definition) is 2. The fourth-order valence-electron chi connectivity index (χ4n) is 7.51. The number of amides is 2. The molecule has 2 aromatic carbocycles. The van der Waals surface area contributed by atoms with Crippen molar-refractivity contribution in [3.8, 4) is 11.5 Å². The molecule has 2 aliphatic heterocycles. The van der Waals surface area contributed by atoms with Crippen molar-refractivity contribution in [2.24, 2.45) is 13.0 Å². The maximum Gasteiger partial charge on any atom is 0.417 e. The molecule has 3 aliphatic rings. The van der Waals surface area contributed by atoms with Gasteiger partial charge in [0.2, 0.25) is 0 Å². The number of carbonyl (C=O) groups is 2. The van der Waals surface area contributed by atoms with Crippen LogP contribution in [0.4, 0.5) is 19.0 Å². The molecule has 7 rings (SSSR count). The van der Waals surface area contributed by atoms with Gasteiger partial charge < -0.3 is 9.84 Å². The standard InChI is InChI=1S/C33H27Cl2F3N6O6/c1-3-50-25-12-16(4-9-24(25)45)26-20-10-11-42-30(48)41(2)31(49)44(42)23(20)14-21-28(46)43(29(47)32(21,26)17-5-7-19(34)8-6-17)40-27-22(35)13-18(15-39-27)33(36,37)38/h4-10,12-13,15,21,23,26,45H,3,11,14H2,1-2H3,(H,39,40)/t21-,23+,26-,32+/m0/s1. The zero-order valence-electron chi connectivity index (χ0n) is 26.2. The number of halogens is 5. The smallest absolute Gasteiger partial charge is 0.417 e. The summed E-state index contributed by atoms with van der Waals surface area (Å²) in [6, 6.07) is 10.6. The van der Waals surface area contributed by atoms with Gasteiger partial charge in [0.25, 0.3) is 11.8 Å². The molecule has 50 heavy (non-hydrogen) atoms. The van der Waals surface area contributed by atoms with Gasteiger partial charge in [0, 0.05) is 24.2 Å². The minimum absolute atomic E-state index is 0.0236. The molecule has 2 aromatic heterocycles. The van der Waals surface area contributed by atoms with Gasteiger partial charge in [-0.25, -0.2) is 28.5 Å². The Balaban J connectivity index is 1.48. The van der Waals surface area contributed by atoms with Gasteiger partial charge >= 0.3 is 17.6 Å². The van der Waals surface area contributed by atoms with Gasteiger partial charge in [-0.15, -0.1) is 0 Å². The minimum Gasteiger partial charge on any atom is -0.504 e. The first-order valence-corrected chi connectivity index (χ1v) is 16.1. The van der Waals surface area contributed by atoms with Crippen LogP contribution < -0.4 is 21.5 Å². The molecule has 1 saturated carbocycles. The summed E-state index contributed by atoms with van der Waals surface area (Å²) in [5.74, 6) is -4.25. The van der Waals surface area contributed by atoms with Crippen molar-refractivity contribution in [2.45, 2.75) is 43.4 Å². The number of imide groups is 1. The van der Waals surface area contributed by atoms with Crippen molar-refractivity contribution in [3.05, 3.63) is 114 Å². The third-order valence-electron chi connectivity index (χ3n) is 9.63. The predicted molar refractivity (Wildman–Crippen MR) is 174 cm³/mol. The SMILES string of the molecule is CCOc1cc([C@H]2C3=CCn4c(=O)n(C)c(=O)n4[C@@H]3C[C@H]3C(=O)N(Nc4ncc(C(F)(F)F)cc4Cl)C(=O)[C@@]23c2ccc(Cl)cc2)ccc1O. The zero-order chi connectivity index (χ0) is 35.9. The Kier molecular flexibility index (Phi) is 7.90. The van der Waals surface area contributed by atoms with E-state index in [0.29, 0.717) is 39.0 Å². The molecule has 2 N–H and O–H groups in total. The summed E-state index contributed by atoms with van der Waals surface area (Å²) in [5.41, 5.74) is -0.149. The number of fused-ring (bicyclic) bond motifs is 4. The molecular weight excluding hydrogens is 704 g/mol. The zero-order valence-corrected chi connectivity index (χ0v) is 27.8. The van der Waals surface area contributed by atoms with E-state index in [4.69, 9.17) is 27.9 Å². The summed E-state index contributed by atoms with van der Waals surface area (Å²) in [5, 5.41) is 11.2. The number of nitrogens with zero attached hydrogens (tertiary/aromatic N) is 5. The van der Waals surface area contributed by atoms with Crippen molar-refractivity contribution in [3.63, 3.8) is 0 Å². The number of pyridine rings is 1. The molecule has 1 saturated heterocycles. The maximum absolute atomic E-state index is 15.1. The number of alkyl halides is 3. The number of aromatic hydroxyl groups is 1. The van der Waals surface area contributed by atoms with Gasteiger partial charge in [0.05, 0.1) is 41.1 Å². The van der Waals surface area contributed by atoms with Crippen molar-refractivity contribution >= 4 is 40.8 Å². The molecule has 4 heterocycles. The van der Waals surface area contributed by atoms with Gasteiger partial charge in [-0.2, -0.15) is 18.2 Å². The third-order valence-corrected chi connectivity index (χ3v) is 10.2. The lowest BCUT2D eigenvalue weighted by Crippen LogP contribution is -2.53. The molecule has 0 unspecified atom stereocenters. The lowest BCUT2D eigenvalue weighted by atomic mass is 9.53. The Morgan fingerprint density at radius 3 is 2.44 bits per heavy atom. The van der Waals surface area contributed by atoms with Gasteiger partial charge in [0.1, 0.15) is 0 Å². The van der Waals surface area contributed by atoms with E-state index in [1.807, 2.05) is 0 Å². The molecule has 2 amide bonds. The largest absolute Gasteiger partial charge is 0.504 e. The van der Waals surface area contributed by atoms with Crippen LogP contribution in [-0.4, -0.2) is 47.5 Å². The first-order valence-electron chi connectivity index (χ1n) is 15.4. The first kappa shape index (κ1) is 33.5. The van der Waals surface area contributed by atoms with Crippen LogP contribution in [0.2, 0.25) is 10.0 Å². The van der Waals surface area contributed by atoms with Crippen LogP contribution in [0.15, 0.2) is 76.0 Å². The van der Waals surface area contributed by atoms with Gasteiger partial charge in [0.15, 0.2) is 17.3 Å². The Morgan fingerprint density at radius 1 is 1.06 bits per heavy atom. The van der Waals surface area contributed by atoms with E-state index in [2.05, 4.69) is 10.4 Å². The van der Waals surface area contributed by atoms with E-state index in [9.17, 15) is 32.7 Å². The van der Waals surface area contributed by atoms with Crippen molar-refractivity contribution < 1.29 is 32.6 Å². The van der Waals surface area contributed by atoms with E-state index >= 15 is 4.79 Å². The summed E-state index contributed by atoms with van der Waals surface area (Å²) in [7, 11) is 1.34. The monoisotopic (exact) mass is 730 g/mol. The Labute approximate surface area is 290 Å². The number of allylic oxidation sites excluding steroid dienone is 2. The number of ether oxygens (including phenoxy) is 1. The molecule has 2 fully saturated rings. The number of phenols is 1. The second-order valence-electron chi connectivity index (χ2n) is 12.2. The van der Waals surface area contributed by atoms with Crippen LogP contribution in [-0.2, 0) is 34.8 Å². The highest BCUT2D eigenvalue weighted by molar-refractivity contribution is 6.33.